The van der Waals surface area contributed by atoms with Gasteiger partial charge in [-0.2, -0.15) is 20.4 Å². The van der Waals surface area contributed by atoms with E-state index in [9.17, 15) is 18.4 Å². The topological polar surface area (TPSA) is 237 Å². The highest BCUT2D eigenvalue weighted by Crippen LogP contribution is 2.39. The van der Waals surface area contributed by atoms with Crippen molar-refractivity contribution in [3.05, 3.63) is 71.8 Å². The summed E-state index contributed by atoms with van der Waals surface area (Å²) < 4.78 is 53.1. The van der Waals surface area contributed by atoms with Gasteiger partial charge in [0.1, 0.15) is 35.6 Å². The lowest BCUT2D eigenvalue weighted by Gasteiger charge is -2.16. The van der Waals surface area contributed by atoms with Crippen LogP contribution < -0.4 is 21.3 Å². The number of nitrogens with zero attached hydrogens (tertiary/aromatic N) is 8. The van der Waals surface area contributed by atoms with Crippen LogP contribution in [0.4, 0.5) is 41.6 Å². The number of hydrogen-bond acceptors (Lipinski definition) is 14. The minimum absolute atomic E-state index is 0.0663. The van der Waals surface area contributed by atoms with Gasteiger partial charge < -0.3 is 40.2 Å². The molecule has 332 valence electrons. The van der Waals surface area contributed by atoms with Crippen molar-refractivity contribution >= 4 is 46.5 Å². The smallest absolute Gasteiger partial charge is 0.407 e. The average Bonchev–Trinajstić information content (AvgIpc) is 4.07. The van der Waals surface area contributed by atoms with E-state index in [1.807, 2.05) is 52.0 Å². The van der Waals surface area contributed by atoms with E-state index in [2.05, 4.69) is 61.8 Å². The van der Waals surface area contributed by atoms with E-state index in [1.54, 1.807) is 48.0 Å². The fourth-order valence-corrected chi connectivity index (χ4v) is 7.50. The van der Waals surface area contributed by atoms with E-state index in [4.69, 9.17) is 18.9 Å². The Morgan fingerprint density at radius 1 is 0.694 bits per heavy atom. The van der Waals surface area contributed by atoms with Gasteiger partial charge >= 0.3 is 12.2 Å². The highest BCUT2D eigenvalue weighted by molar-refractivity contribution is 5.73. The number of alkyl halides is 2. The summed E-state index contributed by atoms with van der Waals surface area (Å²) in [5.74, 6) is 2.06. The maximum atomic E-state index is 14.4. The van der Waals surface area contributed by atoms with Crippen molar-refractivity contribution in [2.24, 2.45) is 0 Å². The summed E-state index contributed by atoms with van der Waals surface area (Å²) in [4.78, 5) is 32.3. The Morgan fingerprint density at radius 3 is 1.50 bits per heavy atom. The molecular weight excluding hydrogens is 811 g/mol. The van der Waals surface area contributed by atoms with Crippen LogP contribution in [-0.2, 0) is 32.2 Å². The highest BCUT2D eigenvalue weighted by atomic mass is 19.1. The molecular formula is C40H52F2N14O6. The Morgan fingerprint density at radius 2 is 1.11 bits per heavy atom. The number of anilines is 4. The van der Waals surface area contributed by atoms with Crippen molar-refractivity contribution in [1.82, 2.24) is 60.2 Å². The first-order valence-corrected chi connectivity index (χ1v) is 20.4. The van der Waals surface area contributed by atoms with Crippen LogP contribution in [0.2, 0.25) is 0 Å². The average molecular weight is 863 g/mol. The number of alkyl carbamates (subject to hydrolysis) is 2. The summed E-state index contributed by atoms with van der Waals surface area (Å²) >= 11 is 0. The van der Waals surface area contributed by atoms with Crippen LogP contribution in [0.25, 0.3) is 11.0 Å². The molecule has 22 heteroatoms. The van der Waals surface area contributed by atoms with Gasteiger partial charge in [-0.3, -0.25) is 10.2 Å². The van der Waals surface area contributed by atoms with Crippen LogP contribution in [0.3, 0.4) is 0 Å². The van der Waals surface area contributed by atoms with Gasteiger partial charge in [-0.15, -0.1) is 0 Å². The molecule has 62 heavy (non-hydrogen) atoms. The molecule has 0 aromatic carbocycles. The summed E-state index contributed by atoms with van der Waals surface area (Å²) in [6.45, 7) is 8.09. The molecule has 2 aliphatic rings. The van der Waals surface area contributed by atoms with E-state index in [-0.39, 0.29) is 36.8 Å². The van der Waals surface area contributed by atoms with E-state index < -0.39 is 36.7 Å². The number of H-pyrrole nitrogens is 2. The highest BCUT2D eigenvalue weighted by Gasteiger charge is 2.40. The van der Waals surface area contributed by atoms with Gasteiger partial charge in [0.15, 0.2) is 23.3 Å². The van der Waals surface area contributed by atoms with Crippen LogP contribution in [0.1, 0.15) is 88.0 Å². The van der Waals surface area contributed by atoms with Gasteiger partial charge in [-0.05, 0) is 65.5 Å². The molecule has 8 rings (SSSR count). The minimum atomic E-state index is -1.22. The molecule has 0 saturated heterocycles. The number of methoxy groups -OCH3 is 2. The Kier molecular flexibility index (Phi) is 13.8. The lowest BCUT2D eigenvalue weighted by atomic mass is 10.0. The molecule has 20 nitrogen and oxygen atoms in total. The number of carbonyl (C=O) groups is 2. The van der Waals surface area contributed by atoms with Crippen LogP contribution in [0.5, 0.6) is 0 Å². The zero-order chi connectivity index (χ0) is 43.9. The number of aromatic amines is 2. The van der Waals surface area contributed by atoms with Gasteiger partial charge in [0.25, 0.3) is 0 Å². The largest absolute Gasteiger partial charge is 0.443 e. The third-order valence-electron chi connectivity index (χ3n) is 10.2. The van der Waals surface area contributed by atoms with Crippen molar-refractivity contribution in [2.75, 3.05) is 24.9 Å². The van der Waals surface area contributed by atoms with Gasteiger partial charge in [-0.1, -0.05) is 0 Å². The molecule has 6 atom stereocenters. The van der Waals surface area contributed by atoms with Crippen LogP contribution in [0, 0.1) is 0 Å². The lowest BCUT2D eigenvalue weighted by molar-refractivity contribution is 0.0590. The molecule has 0 unspecified atom stereocenters. The zero-order valence-electron chi connectivity index (χ0n) is 35.3. The number of amides is 2. The molecule has 2 aliphatic carbocycles. The van der Waals surface area contributed by atoms with Gasteiger partial charge in [0.2, 0.25) is 0 Å². The molecule has 2 amide bonds. The Labute approximate surface area is 355 Å². The molecule has 6 N–H and O–H groups in total. The second-order valence-corrected chi connectivity index (χ2v) is 15.9. The Hall–Kier alpha value is -6.42. The second kappa shape index (κ2) is 19.5. The summed E-state index contributed by atoms with van der Waals surface area (Å²) in [5, 5.41) is 34.9. The molecule has 0 aliphatic heterocycles. The van der Waals surface area contributed by atoms with E-state index in [1.165, 1.54) is 0 Å². The third-order valence-corrected chi connectivity index (χ3v) is 10.2. The number of hydrogen-bond donors (Lipinski definition) is 6. The van der Waals surface area contributed by atoms with E-state index in [0.29, 0.717) is 49.3 Å². The normalized spacial score (nSPS) is 21.0. The van der Waals surface area contributed by atoms with Crippen LogP contribution in [-0.4, -0.2) is 113 Å². The number of ether oxygens (including phenoxy) is 4. The van der Waals surface area contributed by atoms with Crippen molar-refractivity contribution in [3.63, 3.8) is 0 Å². The molecule has 6 heterocycles. The first-order valence-electron chi connectivity index (χ1n) is 20.4. The summed E-state index contributed by atoms with van der Waals surface area (Å²) in [6, 6.07) is 7.30. The SMILES string of the molecule is COCc1cc2c(Nc3cc([C@@H]4C[C@H](F)[C@H](OC(=O)NC(C)C)C4)[nH]n3)nccn2n1.COCc1cc2c(Nc3cc([C@H]4C[C@@H](F)[C@@H](OC(=O)NC(C)C)C4)[nH]n3)nccn2n1. The second-order valence-electron chi connectivity index (χ2n) is 15.9. The predicted octanol–water partition coefficient (Wildman–Crippen LogP) is 6.12. The van der Waals surface area contributed by atoms with Crippen LogP contribution >= 0.6 is 0 Å². The van der Waals surface area contributed by atoms with Crippen LogP contribution in [0.15, 0.2) is 49.1 Å². The molecule has 0 spiro atoms. The summed E-state index contributed by atoms with van der Waals surface area (Å²) in [5.41, 5.74) is 4.70. The summed E-state index contributed by atoms with van der Waals surface area (Å²) in [7, 11) is 3.23. The molecule has 2 fully saturated rings. The maximum Gasteiger partial charge on any atom is 0.407 e. The van der Waals surface area contributed by atoms with Gasteiger partial charge in [0, 0.05) is 86.4 Å². The van der Waals surface area contributed by atoms with Gasteiger partial charge in [-0.25, -0.2) is 37.4 Å². The van der Waals surface area contributed by atoms with Crippen molar-refractivity contribution in [3.8, 4) is 0 Å². The van der Waals surface area contributed by atoms with E-state index >= 15 is 0 Å². The van der Waals surface area contributed by atoms with Crippen molar-refractivity contribution < 1.29 is 37.3 Å². The number of aromatic nitrogens is 10. The first-order chi connectivity index (χ1) is 29.8. The zero-order valence-corrected chi connectivity index (χ0v) is 35.3. The Bertz CT molecular complexity index is 2270. The number of carbonyl (C=O) groups excluding carboxylic acids is 2. The maximum absolute atomic E-state index is 14.4. The number of fused-ring (bicyclic) bond motifs is 2. The quantitative estimate of drug-likeness (QED) is 0.0724. The van der Waals surface area contributed by atoms with Crippen molar-refractivity contribution in [1.29, 1.82) is 0 Å². The molecule has 0 radical (unpaired) electrons. The fraction of sp³-hybridized carbons (Fsp3) is 0.500. The Balaban J connectivity index is 0.000000186. The molecule has 2 saturated carbocycles. The summed E-state index contributed by atoms with van der Waals surface area (Å²) in [6.07, 6.45) is 2.93. The number of nitrogens with one attached hydrogen (secondary N) is 6. The molecule has 6 aromatic heterocycles. The predicted molar refractivity (Wildman–Crippen MR) is 222 cm³/mol. The first kappa shape index (κ1) is 43.7. The third kappa shape index (κ3) is 10.7. The molecule has 0 bridgehead atoms. The number of rotatable bonds is 14. The van der Waals surface area contributed by atoms with E-state index in [0.717, 1.165) is 33.8 Å². The minimum Gasteiger partial charge on any atom is -0.443 e. The van der Waals surface area contributed by atoms with Crippen molar-refractivity contribution in [2.45, 2.75) is 115 Å². The fourth-order valence-electron chi connectivity index (χ4n) is 7.50. The standard InChI is InChI=1S/2C20H26FN7O3/c2*1-11(2)23-20(29)31-17-7-12(6-14(17)21)15-9-18(26-25-15)24-19-16-8-13(10-30-3)27-28(16)5-4-22-19/h2*4-5,8-9,11-12,14,17H,6-7,10H2,1-3H3,(H,23,29)(H2,22,24,25,26)/t2*12-,14+,17-/m10/s1. The number of halogens is 2. The lowest BCUT2D eigenvalue weighted by Crippen LogP contribution is -2.35. The molecule has 6 aromatic rings. The monoisotopic (exact) mass is 862 g/mol. The van der Waals surface area contributed by atoms with Gasteiger partial charge in [0.05, 0.1) is 24.6 Å².